The van der Waals surface area contributed by atoms with Crippen LogP contribution in [0.3, 0.4) is 0 Å². The Morgan fingerprint density at radius 1 is 1.00 bits per heavy atom. The van der Waals surface area contributed by atoms with Crippen molar-refractivity contribution in [2.24, 2.45) is 0 Å². The second kappa shape index (κ2) is 10.6. The molecule has 0 amide bonds. The minimum atomic E-state index is -0.161. The molecule has 5 heterocycles. The van der Waals surface area contributed by atoms with Gasteiger partial charge in [-0.1, -0.05) is 23.2 Å². The molecule has 178 valence electrons. The standard InChI is InChI=1S/C14H17ClN2O2.C11H9ClN2O/c1-3-17-11(5-6-14(18)19-4-2)7-10-9-16-13(15)8-12(10)17;12-11-4-10-7(5-13-11)3-8-1-2-9(15)6-14(8)10/h7-9H,3-6H2,1-2H3;3-5H,1-2,6H2. The van der Waals surface area contributed by atoms with Gasteiger partial charge < -0.3 is 13.9 Å². The molecule has 0 unspecified atom stereocenters. The zero-order valence-corrected chi connectivity index (χ0v) is 20.7. The molecule has 0 fully saturated rings. The highest BCUT2D eigenvalue weighted by Gasteiger charge is 2.18. The van der Waals surface area contributed by atoms with Gasteiger partial charge >= 0.3 is 5.97 Å². The summed E-state index contributed by atoms with van der Waals surface area (Å²) in [4.78, 5) is 30.9. The summed E-state index contributed by atoms with van der Waals surface area (Å²) >= 11 is 11.8. The number of ether oxygens (including phenoxy) is 1. The van der Waals surface area contributed by atoms with E-state index in [-0.39, 0.29) is 11.8 Å². The van der Waals surface area contributed by atoms with Crippen molar-refractivity contribution in [2.45, 2.75) is 52.6 Å². The number of Topliss-reactive ketones (excluding diaryl/α,β-unsaturated/α-hetero) is 1. The molecule has 0 N–H and O–H groups in total. The molecule has 0 atom stereocenters. The summed E-state index contributed by atoms with van der Waals surface area (Å²) in [6, 6.07) is 7.82. The molecule has 0 aromatic carbocycles. The highest BCUT2D eigenvalue weighted by atomic mass is 35.5. The highest BCUT2D eigenvalue weighted by molar-refractivity contribution is 6.30. The Balaban J connectivity index is 0.000000165. The lowest BCUT2D eigenvalue weighted by atomic mass is 10.1. The summed E-state index contributed by atoms with van der Waals surface area (Å²) in [5.74, 6) is 0.125. The first kappa shape index (κ1) is 24.2. The molecule has 4 aromatic heterocycles. The molecule has 34 heavy (non-hydrogen) atoms. The number of fused-ring (bicyclic) bond motifs is 4. The molecule has 0 saturated heterocycles. The molecule has 5 rings (SSSR count). The monoisotopic (exact) mass is 500 g/mol. The van der Waals surface area contributed by atoms with Crippen LogP contribution in [0.4, 0.5) is 0 Å². The van der Waals surface area contributed by atoms with Crippen molar-refractivity contribution in [3.63, 3.8) is 0 Å². The van der Waals surface area contributed by atoms with Gasteiger partial charge in [0.25, 0.3) is 0 Å². The summed E-state index contributed by atoms with van der Waals surface area (Å²) in [6.45, 7) is 5.62. The first-order valence-corrected chi connectivity index (χ1v) is 12.1. The average Bonchev–Trinajstić information content (AvgIpc) is 3.35. The smallest absolute Gasteiger partial charge is 0.306 e. The second-order valence-corrected chi connectivity index (χ2v) is 8.85. The van der Waals surface area contributed by atoms with Crippen molar-refractivity contribution in [1.29, 1.82) is 0 Å². The van der Waals surface area contributed by atoms with Crippen molar-refractivity contribution in [3.05, 3.63) is 58.4 Å². The van der Waals surface area contributed by atoms with Crippen molar-refractivity contribution in [2.75, 3.05) is 6.61 Å². The van der Waals surface area contributed by atoms with E-state index in [9.17, 15) is 9.59 Å². The van der Waals surface area contributed by atoms with Crippen LogP contribution >= 0.6 is 23.2 Å². The lowest BCUT2D eigenvalue weighted by molar-refractivity contribution is -0.143. The van der Waals surface area contributed by atoms with Gasteiger partial charge in [0.2, 0.25) is 0 Å². The summed E-state index contributed by atoms with van der Waals surface area (Å²) < 4.78 is 9.14. The average molecular weight is 501 g/mol. The number of esters is 1. The number of halogens is 2. The molecule has 7 nitrogen and oxygen atoms in total. The van der Waals surface area contributed by atoms with Crippen molar-refractivity contribution in [3.8, 4) is 0 Å². The van der Waals surface area contributed by atoms with E-state index in [4.69, 9.17) is 27.9 Å². The molecule has 1 aliphatic rings. The fourth-order valence-electron chi connectivity index (χ4n) is 4.34. The van der Waals surface area contributed by atoms with Crippen molar-refractivity contribution < 1.29 is 14.3 Å². The molecule has 0 aliphatic carbocycles. The Labute approximate surface area is 207 Å². The van der Waals surface area contributed by atoms with Gasteiger partial charge in [-0.05, 0) is 51.0 Å². The quantitative estimate of drug-likeness (QED) is 0.270. The number of aryl methyl sites for hydroxylation is 3. The van der Waals surface area contributed by atoms with Crippen LogP contribution in [0, 0.1) is 0 Å². The Morgan fingerprint density at radius 3 is 2.35 bits per heavy atom. The molecule has 0 spiro atoms. The Kier molecular flexibility index (Phi) is 7.54. The van der Waals surface area contributed by atoms with Crippen LogP contribution in [0.5, 0.6) is 0 Å². The summed E-state index contributed by atoms with van der Waals surface area (Å²) in [5.41, 5.74) is 4.38. The largest absolute Gasteiger partial charge is 0.466 e. The fraction of sp³-hybridized carbons (Fsp3) is 0.360. The van der Waals surface area contributed by atoms with Crippen LogP contribution in [0.1, 0.15) is 38.1 Å². The zero-order valence-electron chi connectivity index (χ0n) is 19.2. The summed E-state index contributed by atoms with van der Waals surface area (Å²) in [5, 5.41) is 3.06. The number of carbonyl (C=O) groups is 2. The van der Waals surface area contributed by atoms with E-state index < -0.39 is 0 Å². The summed E-state index contributed by atoms with van der Waals surface area (Å²) in [6.07, 6.45) is 6.05. The van der Waals surface area contributed by atoms with Gasteiger partial charge in [-0.3, -0.25) is 9.59 Å². The first-order valence-electron chi connectivity index (χ1n) is 11.3. The Bertz CT molecular complexity index is 1360. The number of aromatic nitrogens is 4. The predicted molar refractivity (Wildman–Crippen MR) is 133 cm³/mol. The number of pyridine rings is 2. The van der Waals surface area contributed by atoms with Gasteiger partial charge in [0, 0.05) is 47.5 Å². The van der Waals surface area contributed by atoms with Gasteiger partial charge in [0.15, 0.2) is 5.78 Å². The van der Waals surface area contributed by atoms with Crippen LogP contribution in [0.2, 0.25) is 10.3 Å². The molecule has 1 aliphatic heterocycles. The van der Waals surface area contributed by atoms with Gasteiger partial charge in [0.1, 0.15) is 10.3 Å². The molecular weight excluding hydrogens is 475 g/mol. The molecule has 0 bridgehead atoms. The second-order valence-electron chi connectivity index (χ2n) is 8.08. The third-order valence-electron chi connectivity index (χ3n) is 5.88. The van der Waals surface area contributed by atoms with Crippen LogP contribution in [-0.4, -0.2) is 37.5 Å². The van der Waals surface area contributed by atoms with E-state index in [0.29, 0.717) is 42.7 Å². The molecule has 9 heteroatoms. The van der Waals surface area contributed by atoms with E-state index in [1.165, 1.54) is 5.69 Å². The third kappa shape index (κ3) is 5.26. The lowest BCUT2D eigenvalue weighted by Crippen LogP contribution is -2.18. The summed E-state index contributed by atoms with van der Waals surface area (Å²) in [7, 11) is 0. The van der Waals surface area contributed by atoms with Crippen molar-refractivity contribution >= 4 is 56.8 Å². The highest BCUT2D eigenvalue weighted by Crippen LogP contribution is 2.25. The van der Waals surface area contributed by atoms with E-state index in [1.807, 2.05) is 23.6 Å². The Hall–Kier alpha value is -2.90. The van der Waals surface area contributed by atoms with Crippen LogP contribution in [0.25, 0.3) is 21.8 Å². The molecule has 0 radical (unpaired) electrons. The van der Waals surface area contributed by atoms with Crippen LogP contribution in [-0.2, 0) is 40.3 Å². The maximum Gasteiger partial charge on any atom is 0.306 e. The van der Waals surface area contributed by atoms with E-state index >= 15 is 0 Å². The Morgan fingerprint density at radius 2 is 1.68 bits per heavy atom. The SMILES string of the molecule is CCOC(=O)CCc1cc2cnc(Cl)cc2n1CC.O=C1CCc2cc3cnc(Cl)cc3n2C1. The molecule has 4 aromatic rings. The lowest BCUT2D eigenvalue weighted by Gasteiger charge is -2.14. The maximum atomic E-state index is 11.4. The van der Waals surface area contributed by atoms with Crippen LogP contribution in [0.15, 0.2) is 36.7 Å². The number of carbonyl (C=O) groups excluding carboxylic acids is 2. The number of rotatable bonds is 5. The topological polar surface area (TPSA) is 79.0 Å². The maximum absolute atomic E-state index is 11.4. The fourth-order valence-corrected chi connectivity index (χ4v) is 4.64. The van der Waals surface area contributed by atoms with E-state index in [0.717, 1.165) is 40.5 Å². The minimum Gasteiger partial charge on any atom is -0.466 e. The van der Waals surface area contributed by atoms with E-state index in [2.05, 4.69) is 33.6 Å². The first-order chi connectivity index (χ1) is 16.4. The predicted octanol–water partition coefficient (Wildman–Crippen LogP) is 5.41. The van der Waals surface area contributed by atoms with Crippen molar-refractivity contribution in [1.82, 2.24) is 19.1 Å². The number of hydrogen-bond acceptors (Lipinski definition) is 5. The minimum absolute atomic E-state index is 0.161. The normalized spacial score (nSPS) is 13.0. The molecule has 0 saturated carbocycles. The number of ketones is 1. The third-order valence-corrected chi connectivity index (χ3v) is 6.29. The molecular formula is C25H26Cl2N4O3. The van der Waals surface area contributed by atoms with Gasteiger partial charge in [-0.25, -0.2) is 9.97 Å². The number of hydrogen-bond donors (Lipinski definition) is 0. The van der Waals surface area contributed by atoms with E-state index in [1.54, 1.807) is 12.4 Å². The van der Waals surface area contributed by atoms with Gasteiger partial charge in [-0.2, -0.15) is 0 Å². The zero-order chi connectivity index (χ0) is 24.2. The van der Waals surface area contributed by atoms with Crippen LogP contribution < -0.4 is 0 Å². The number of nitrogens with zero attached hydrogens (tertiary/aromatic N) is 4. The van der Waals surface area contributed by atoms with Gasteiger partial charge in [-0.15, -0.1) is 0 Å². The van der Waals surface area contributed by atoms with Gasteiger partial charge in [0.05, 0.1) is 30.6 Å².